The van der Waals surface area contributed by atoms with E-state index in [1.54, 1.807) is 41.9 Å². The van der Waals surface area contributed by atoms with Crippen LogP contribution in [0.25, 0.3) is 44.0 Å². The largest absolute Gasteiger partial charge is 0.507 e. The molecule has 3 N–H and O–H groups in total. The van der Waals surface area contributed by atoms with Gasteiger partial charge in [-0.15, -0.1) is 21.5 Å². The van der Waals surface area contributed by atoms with Gasteiger partial charge in [0, 0.05) is 72.8 Å². The summed E-state index contributed by atoms with van der Waals surface area (Å²) >= 11 is 1.59. The number of β-amino-alcohol motifs (C(OH)–C–C–N with tert-alkyl or cyclic N) is 1. The van der Waals surface area contributed by atoms with Crippen molar-refractivity contribution in [3.8, 4) is 38.7 Å². The Kier molecular flexibility index (Phi) is 11.4. The number of aliphatic hydroxyl groups excluding tert-OH is 1. The fraction of sp³-hybridized carbons (Fsp3) is 0.400. The second-order valence-electron chi connectivity index (χ2n) is 18.8. The Morgan fingerprint density at radius 2 is 1.67 bits per heavy atom. The van der Waals surface area contributed by atoms with Crippen molar-refractivity contribution in [1.29, 1.82) is 0 Å². The minimum Gasteiger partial charge on any atom is -0.507 e. The third kappa shape index (κ3) is 8.21. The monoisotopic (exact) mass is 906 g/mol. The van der Waals surface area contributed by atoms with E-state index in [0.29, 0.717) is 40.1 Å². The number of nitrogens with zero attached hydrogens (tertiary/aromatic N) is 9. The number of hydrogen-bond acceptors (Lipinski definition) is 13. The SMILES string of the molecule is Cc1ncsc1-c1ccc([C@H](C)NC(=O)[C@@H]2C[C@@H](O)CN2C(=O)[C@@H](c2cc(-c3cnc(N4CCC(c5cc6nnc(-c7ccccc7O)cc6n5C5(C)CC5)CC4)nc3)no2)C(C)C)cc1. The van der Waals surface area contributed by atoms with E-state index >= 15 is 0 Å². The van der Waals surface area contributed by atoms with Crippen molar-refractivity contribution in [3.63, 3.8) is 0 Å². The summed E-state index contributed by atoms with van der Waals surface area (Å²) in [6, 6.07) is 20.1. The number of aromatic nitrogens is 7. The van der Waals surface area contributed by atoms with Crippen molar-refractivity contribution in [1.82, 2.24) is 45.1 Å². The van der Waals surface area contributed by atoms with Crippen LogP contribution in [0.1, 0.15) is 100 Å². The van der Waals surface area contributed by atoms with Gasteiger partial charge in [-0.05, 0) is 87.8 Å². The number of phenols is 1. The molecule has 0 unspecified atom stereocenters. The number of phenolic OH excluding ortho intramolecular Hbond substituents is 1. The van der Waals surface area contributed by atoms with Crippen LogP contribution in [0.4, 0.5) is 5.95 Å². The van der Waals surface area contributed by atoms with Gasteiger partial charge in [0.25, 0.3) is 0 Å². The van der Waals surface area contributed by atoms with Crippen molar-refractivity contribution < 1.29 is 24.3 Å². The summed E-state index contributed by atoms with van der Waals surface area (Å²) < 4.78 is 8.33. The molecule has 5 aromatic heterocycles. The minimum atomic E-state index is -0.839. The molecule has 2 aliphatic heterocycles. The molecule has 15 nitrogen and oxygen atoms in total. The predicted octanol–water partition coefficient (Wildman–Crippen LogP) is 8.15. The summed E-state index contributed by atoms with van der Waals surface area (Å²) in [5.74, 6) is -0.0185. The molecule has 16 heteroatoms. The number of carbonyl (C=O) groups is 2. The number of aryl methyl sites for hydroxylation is 1. The molecule has 3 fully saturated rings. The average molecular weight is 907 g/mol. The lowest BCUT2D eigenvalue weighted by Crippen LogP contribution is -2.48. The van der Waals surface area contributed by atoms with Gasteiger partial charge < -0.3 is 34.4 Å². The zero-order valence-corrected chi connectivity index (χ0v) is 38.6. The highest BCUT2D eigenvalue weighted by Gasteiger charge is 2.45. The van der Waals surface area contributed by atoms with Crippen molar-refractivity contribution in [3.05, 3.63) is 107 Å². The highest BCUT2D eigenvalue weighted by atomic mass is 32.1. The number of benzene rings is 2. The number of nitrogens with one attached hydrogen (secondary N) is 1. The van der Waals surface area contributed by atoms with Crippen LogP contribution in [0.3, 0.4) is 0 Å². The van der Waals surface area contributed by atoms with Crippen LogP contribution < -0.4 is 10.2 Å². The predicted molar refractivity (Wildman–Crippen MR) is 252 cm³/mol. The van der Waals surface area contributed by atoms with Gasteiger partial charge in [-0.3, -0.25) is 9.59 Å². The molecule has 0 radical (unpaired) electrons. The number of anilines is 1. The van der Waals surface area contributed by atoms with E-state index in [-0.39, 0.29) is 48.0 Å². The van der Waals surface area contributed by atoms with E-state index < -0.39 is 18.1 Å². The Labute approximate surface area is 386 Å². The number of hydrogen-bond donors (Lipinski definition) is 3. The van der Waals surface area contributed by atoms with Crippen molar-refractivity contribution in [2.75, 3.05) is 24.5 Å². The van der Waals surface area contributed by atoms with Crippen LogP contribution >= 0.6 is 11.3 Å². The van der Waals surface area contributed by atoms with Gasteiger partial charge in [-0.25, -0.2) is 15.0 Å². The van der Waals surface area contributed by atoms with Gasteiger partial charge >= 0.3 is 0 Å². The van der Waals surface area contributed by atoms with E-state index in [9.17, 15) is 19.8 Å². The van der Waals surface area contributed by atoms with E-state index in [1.165, 1.54) is 10.6 Å². The zero-order chi connectivity index (χ0) is 45.9. The maximum Gasteiger partial charge on any atom is 0.243 e. The molecule has 1 saturated carbocycles. The molecule has 0 spiro atoms. The van der Waals surface area contributed by atoms with Crippen molar-refractivity contribution in [2.45, 2.75) is 102 Å². The summed E-state index contributed by atoms with van der Waals surface area (Å²) in [5, 5.41) is 37.8. The first-order chi connectivity index (χ1) is 31.8. The van der Waals surface area contributed by atoms with Crippen LogP contribution in [0.15, 0.2) is 89.2 Å². The highest BCUT2D eigenvalue weighted by molar-refractivity contribution is 7.13. The van der Waals surface area contributed by atoms with Crippen LogP contribution in [0.5, 0.6) is 5.75 Å². The first kappa shape index (κ1) is 43.4. The summed E-state index contributed by atoms with van der Waals surface area (Å²) in [6.45, 7) is 11.7. The van der Waals surface area contributed by atoms with E-state index in [0.717, 1.165) is 71.5 Å². The molecule has 2 saturated heterocycles. The van der Waals surface area contributed by atoms with Gasteiger partial charge in [-0.2, -0.15) is 0 Å². The molecule has 7 aromatic rings. The molecule has 2 aromatic carbocycles. The molecule has 340 valence electrons. The number of aliphatic hydroxyl groups is 1. The summed E-state index contributed by atoms with van der Waals surface area (Å²) in [5.41, 5.74) is 10.5. The fourth-order valence-corrected chi connectivity index (χ4v) is 10.6. The Hall–Kier alpha value is -6.52. The number of thiazole rings is 1. The molecular weight excluding hydrogens is 853 g/mol. The van der Waals surface area contributed by atoms with Crippen LogP contribution in [0, 0.1) is 12.8 Å². The number of amides is 2. The van der Waals surface area contributed by atoms with Gasteiger partial charge in [0.2, 0.25) is 17.8 Å². The number of carbonyl (C=O) groups excluding carboxylic acids is 2. The maximum absolute atomic E-state index is 14.4. The first-order valence-electron chi connectivity index (χ1n) is 22.9. The average Bonchev–Trinajstić information content (AvgIpc) is 3.79. The normalized spacial score (nSPS) is 19.4. The van der Waals surface area contributed by atoms with E-state index in [1.807, 2.05) is 69.6 Å². The third-order valence-electron chi connectivity index (χ3n) is 13.8. The summed E-state index contributed by atoms with van der Waals surface area (Å²) in [7, 11) is 0. The topological polar surface area (TPSA) is 189 Å². The lowest BCUT2D eigenvalue weighted by atomic mass is 9.91. The molecule has 2 amide bonds. The molecule has 1 aliphatic carbocycles. The number of para-hydroxylation sites is 1. The smallest absolute Gasteiger partial charge is 0.243 e. The molecule has 4 atom stereocenters. The first-order valence-corrected chi connectivity index (χ1v) is 23.7. The number of aromatic hydroxyl groups is 1. The number of rotatable bonds is 12. The van der Waals surface area contributed by atoms with E-state index in [4.69, 9.17) is 14.5 Å². The highest BCUT2D eigenvalue weighted by Crippen LogP contribution is 2.49. The molecule has 7 heterocycles. The quantitative estimate of drug-likeness (QED) is 0.107. The Bertz CT molecular complexity index is 2900. The second kappa shape index (κ2) is 17.4. The second-order valence-corrected chi connectivity index (χ2v) is 19.7. The summed E-state index contributed by atoms with van der Waals surface area (Å²) in [4.78, 5) is 46.8. The fourth-order valence-electron chi connectivity index (χ4n) is 9.83. The summed E-state index contributed by atoms with van der Waals surface area (Å²) in [6.07, 6.45) is 6.84. The minimum absolute atomic E-state index is 0.0289. The standard InChI is InChI=1S/C50H54N10O5S/c1-28(2)45(48(64)59-26-35(61)20-42(59)47(63)54-29(3)31-10-12-33(13-11-31)46-30(4)53-27-66-46)44-23-37(57-65-44)34-24-51-49(52-25-34)58-18-14-32(15-19-58)40-22-39-41(60(40)50(5)16-17-50)21-38(55-56-39)36-8-6-7-9-43(36)62/h6-13,21-25,27-29,32,35,42,45,61-62H,14-20,26H2,1-5H3,(H,54,63)/t29-,35+,42-,45+/m0/s1. The van der Waals surface area contributed by atoms with Crippen LogP contribution in [-0.2, 0) is 15.1 Å². The molecular formula is C50H54N10O5S. The van der Waals surface area contributed by atoms with Crippen molar-refractivity contribution >= 4 is 40.1 Å². The van der Waals surface area contributed by atoms with Gasteiger partial charge in [0.05, 0.1) is 39.4 Å². The maximum atomic E-state index is 14.4. The zero-order valence-electron chi connectivity index (χ0n) is 37.8. The Morgan fingerprint density at radius 1 is 0.924 bits per heavy atom. The third-order valence-corrected chi connectivity index (χ3v) is 14.8. The van der Waals surface area contributed by atoms with E-state index in [2.05, 4.69) is 54.2 Å². The number of fused-ring (bicyclic) bond motifs is 1. The van der Waals surface area contributed by atoms with Gasteiger partial charge in [0.15, 0.2) is 0 Å². The van der Waals surface area contributed by atoms with Gasteiger partial charge in [-0.1, -0.05) is 55.4 Å². The molecule has 3 aliphatic rings. The van der Waals surface area contributed by atoms with Crippen LogP contribution in [0.2, 0.25) is 0 Å². The van der Waals surface area contributed by atoms with Crippen LogP contribution in [-0.4, -0.2) is 93.6 Å². The Morgan fingerprint density at radius 3 is 2.35 bits per heavy atom. The lowest BCUT2D eigenvalue weighted by Gasteiger charge is -2.33. The number of piperidine rings is 1. The van der Waals surface area contributed by atoms with Gasteiger partial charge in [0.1, 0.15) is 34.7 Å². The lowest BCUT2D eigenvalue weighted by molar-refractivity contribution is -0.141. The van der Waals surface area contributed by atoms with Crippen molar-refractivity contribution in [2.24, 2.45) is 5.92 Å². The molecule has 0 bridgehead atoms. The molecule has 10 rings (SSSR count). The Balaban J connectivity index is 0.792. The molecule has 66 heavy (non-hydrogen) atoms. The number of likely N-dealkylation sites (tertiary alicyclic amines) is 1.